The Morgan fingerprint density at radius 3 is 2.74 bits per heavy atom. The number of carbonyl (C=O) groups is 1. The number of fused-ring (bicyclic) bond motifs is 1. The van der Waals surface area contributed by atoms with Crippen LogP contribution in [0.4, 0.5) is 4.79 Å². The van der Waals surface area contributed by atoms with Gasteiger partial charge in [-0.25, -0.2) is 4.79 Å². The van der Waals surface area contributed by atoms with Gasteiger partial charge in [0.05, 0.1) is 18.7 Å². The minimum absolute atomic E-state index is 0.0908. The highest BCUT2D eigenvalue weighted by atomic mass is 16.3. The zero-order chi connectivity index (χ0) is 13.8. The summed E-state index contributed by atoms with van der Waals surface area (Å²) in [5, 5.41) is 15.3. The maximum atomic E-state index is 11.6. The van der Waals surface area contributed by atoms with Crippen LogP contribution in [-0.4, -0.2) is 23.8 Å². The Balaban J connectivity index is 2.03. The first-order valence-corrected chi connectivity index (χ1v) is 6.26. The predicted octanol–water partition coefficient (Wildman–Crippen LogP) is 2.17. The number of aliphatic hydroxyl groups excluding tert-OH is 1. The Kier molecular flexibility index (Phi) is 4.06. The molecule has 2 rings (SSSR count). The Labute approximate surface area is 111 Å². The molecule has 1 heterocycles. The number of rotatable bonds is 4. The molecule has 3 N–H and O–H groups in total. The van der Waals surface area contributed by atoms with E-state index < -0.39 is 0 Å². The van der Waals surface area contributed by atoms with Crippen molar-refractivity contribution in [3.05, 3.63) is 36.1 Å². The van der Waals surface area contributed by atoms with Crippen molar-refractivity contribution in [2.24, 2.45) is 0 Å². The lowest BCUT2D eigenvalue weighted by Crippen LogP contribution is -2.43. The summed E-state index contributed by atoms with van der Waals surface area (Å²) >= 11 is 0. The molecule has 1 aromatic carbocycles. The van der Waals surface area contributed by atoms with Gasteiger partial charge >= 0.3 is 6.03 Å². The number of urea groups is 1. The highest BCUT2D eigenvalue weighted by Crippen LogP contribution is 2.23. The minimum Gasteiger partial charge on any atom is -0.459 e. The molecule has 102 valence electrons. The summed E-state index contributed by atoms with van der Waals surface area (Å²) in [5.41, 5.74) is 0.801. The lowest BCUT2D eigenvalue weighted by Gasteiger charge is -2.15. The average molecular weight is 262 g/mol. The number of amides is 2. The summed E-state index contributed by atoms with van der Waals surface area (Å²) in [5.74, 6) is 0.702. The third kappa shape index (κ3) is 3.26. The van der Waals surface area contributed by atoms with Gasteiger partial charge in [0.15, 0.2) is 0 Å². The van der Waals surface area contributed by atoms with Gasteiger partial charge in [-0.3, -0.25) is 0 Å². The molecule has 0 aliphatic carbocycles. The van der Waals surface area contributed by atoms with Crippen LogP contribution >= 0.6 is 0 Å². The van der Waals surface area contributed by atoms with E-state index in [4.69, 9.17) is 9.52 Å². The smallest absolute Gasteiger partial charge is 0.315 e. The van der Waals surface area contributed by atoms with Crippen molar-refractivity contribution in [2.45, 2.75) is 25.9 Å². The number of para-hydroxylation sites is 1. The summed E-state index contributed by atoms with van der Waals surface area (Å²) < 4.78 is 5.67. The lowest BCUT2D eigenvalue weighted by molar-refractivity contribution is 0.217. The Morgan fingerprint density at radius 1 is 1.32 bits per heavy atom. The first kappa shape index (κ1) is 13.4. The number of benzene rings is 1. The van der Waals surface area contributed by atoms with Gasteiger partial charge in [-0.15, -0.1) is 0 Å². The number of hydrogen-bond acceptors (Lipinski definition) is 3. The summed E-state index contributed by atoms with van der Waals surface area (Å²) in [6, 6.07) is 8.77. The molecule has 2 amide bonds. The molecule has 5 nitrogen and oxygen atoms in total. The van der Waals surface area contributed by atoms with Crippen LogP contribution in [0.15, 0.2) is 34.7 Å². The number of carbonyl (C=O) groups excluding carboxylic acids is 1. The van der Waals surface area contributed by atoms with E-state index in [2.05, 4.69) is 10.6 Å². The minimum atomic E-state index is -0.325. The summed E-state index contributed by atoms with van der Waals surface area (Å²) in [4.78, 5) is 11.6. The van der Waals surface area contributed by atoms with Crippen molar-refractivity contribution in [3.8, 4) is 0 Å². The van der Waals surface area contributed by atoms with Gasteiger partial charge in [-0.1, -0.05) is 18.2 Å². The molecule has 0 aliphatic rings. The quantitative estimate of drug-likeness (QED) is 0.790. The van der Waals surface area contributed by atoms with Crippen molar-refractivity contribution in [3.63, 3.8) is 0 Å². The molecule has 0 radical (unpaired) electrons. The van der Waals surface area contributed by atoms with Crippen molar-refractivity contribution in [1.29, 1.82) is 0 Å². The van der Waals surface area contributed by atoms with Crippen LogP contribution in [0.2, 0.25) is 0 Å². The van der Waals surface area contributed by atoms with E-state index >= 15 is 0 Å². The molecule has 0 unspecified atom stereocenters. The second-order valence-electron chi connectivity index (χ2n) is 4.61. The molecule has 5 heteroatoms. The lowest BCUT2D eigenvalue weighted by atomic mass is 10.2. The number of hydrogen-bond donors (Lipinski definition) is 3. The normalized spacial score (nSPS) is 14.1. The van der Waals surface area contributed by atoms with E-state index in [1.807, 2.05) is 37.3 Å². The SMILES string of the molecule is C[C@H](CO)NC(=O)N[C@@H](C)c1cc2ccccc2o1. The molecule has 2 atom stereocenters. The third-order valence-electron chi connectivity index (χ3n) is 2.87. The Hall–Kier alpha value is -2.01. The zero-order valence-corrected chi connectivity index (χ0v) is 11.0. The zero-order valence-electron chi connectivity index (χ0n) is 11.0. The standard InChI is InChI=1S/C14H18N2O3/c1-9(8-17)15-14(18)16-10(2)13-7-11-5-3-4-6-12(11)19-13/h3-7,9-10,17H,8H2,1-2H3,(H2,15,16,18)/t9-,10+/m1/s1. The summed E-state index contributed by atoms with van der Waals surface area (Å²) in [6.45, 7) is 3.48. The highest BCUT2D eigenvalue weighted by molar-refractivity contribution is 5.78. The van der Waals surface area contributed by atoms with Crippen molar-refractivity contribution < 1.29 is 14.3 Å². The van der Waals surface area contributed by atoms with Gasteiger partial charge < -0.3 is 20.2 Å². The average Bonchev–Trinajstić information content (AvgIpc) is 2.82. The van der Waals surface area contributed by atoms with E-state index in [-0.39, 0.29) is 24.7 Å². The van der Waals surface area contributed by atoms with Crippen LogP contribution in [-0.2, 0) is 0 Å². The van der Waals surface area contributed by atoms with Crippen molar-refractivity contribution in [1.82, 2.24) is 10.6 Å². The van der Waals surface area contributed by atoms with Crippen LogP contribution in [0, 0.1) is 0 Å². The molecule has 0 saturated carbocycles. The first-order valence-electron chi connectivity index (χ1n) is 6.26. The fourth-order valence-corrected chi connectivity index (χ4v) is 1.79. The van der Waals surface area contributed by atoms with Crippen LogP contribution < -0.4 is 10.6 Å². The molecule has 0 fully saturated rings. The Morgan fingerprint density at radius 2 is 2.05 bits per heavy atom. The largest absolute Gasteiger partial charge is 0.459 e. The maximum absolute atomic E-state index is 11.6. The topological polar surface area (TPSA) is 74.5 Å². The van der Waals surface area contributed by atoms with Crippen molar-refractivity contribution >= 4 is 17.0 Å². The summed E-state index contributed by atoms with van der Waals surface area (Å²) in [7, 11) is 0. The first-order chi connectivity index (χ1) is 9.10. The second kappa shape index (κ2) is 5.75. The van der Waals surface area contributed by atoms with Gasteiger partial charge in [0.1, 0.15) is 11.3 Å². The molecule has 2 aromatic rings. The molecule has 0 saturated heterocycles. The monoisotopic (exact) mass is 262 g/mol. The number of furan rings is 1. The molecular weight excluding hydrogens is 244 g/mol. The van der Waals surface area contributed by atoms with Crippen LogP contribution in [0.25, 0.3) is 11.0 Å². The third-order valence-corrected chi connectivity index (χ3v) is 2.87. The van der Waals surface area contributed by atoms with Gasteiger partial charge in [-0.2, -0.15) is 0 Å². The fourth-order valence-electron chi connectivity index (χ4n) is 1.79. The van der Waals surface area contributed by atoms with Gasteiger partial charge in [-0.05, 0) is 26.0 Å². The molecule has 1 aromatic heterocycles. The Bertz CT molecular complexity index is 532. The fraction of sp³-hybridized carbons (Fsp3) is 0.357. The molecule has 0 bridgehead atoms. The van der Waals surface area contributed by atoms with Crippen molar-refractivity contribution in [2.75, 3.05) is 6.61 Å². The van der Waals surface area contributed by atoms with E-state index in [1.54, 1.807) is 6.92 Å². The van der Waals surface area contributed by atoms with Crippen LogP contribution in [0.1, 0.15) is 25.6 Å². The number of aliphatic hydroxyl groups is 1. The van der Waals surface area contributed by atoms with Crippen LogP contribution in [0.3, 0.4) is 0 Å². The van der Waals surface area contributed by atoms with E-state index in [0.717, 1.165) is 11.0 Å². The molecule has 0 aliphatic heterocycles. The van der Waals surface area contributed by atoms with E-state index in [1.165, 1.54) is 0 Å². The maximum Gasteiger partial charge on any atom is 0.315 e. The van der Waals surface area contributed by atoms with E-state index in [9.17, 15) is 4.79 Å². The second-order valence-corrected chi connectivity index (χ2v) is 4.61. The highest BCUT2D eigenvalue weighted by Gasteiger charge is 2.14. The molecular formula is C14H18N2O3. The predicted molar refractivity (Wildman–Crippen MR) is 72.8 cm³/mol. The number of nitrogens with one attached hydrogen (secondary N) is 2. The molecule has 0 spiro atoms. The van der Waals surface area contributed by atoms with Gasteiger partial charge in [0, 0.05) is 5.39 Å². The summed E-state index contributed by atoms with van der Waals surface area (Å²) in [6.07, 6.45) is 0. The molecule has 19 heavy (non-hydrogen) atoms. The van der Waals surface area contributed by atoms with Gasteiger partial charge in [0.25, 0.3) is 0 Å². The van der Waals surface area contributed by atoms with E-state index in [0.29, 0.717) is 5.76 Å². The van der Waals surface area contributed by atoms with Crippen LogP contribution in [0.5, 0.6) is 0 Å². The van der Waals surface area contributed by atoms with Gasteiger partial charge in [0.2, 0.25) is 0 Å².